The van der Waals surface area contributed by atoms with Gasteiger partial charge in [-0.05, 0) is 44.5 Å². The molecule has 0 radical (unpaired) electrons. The molecule has 1 N–H and O–H groups in total. The number of aryl methyl sites for hydroxylation is 1. The quantitative estimate of drug-likeness (QED) is 0.910. The molecule has 1 aliphatic heterocycles. The number of nitrogens with zero attached hydrogens (tertiary/aromatic N) is 1. The van der Waals surface area contributed by atoms with Gasteiger partial charge in [-0.15, -0.1) is 0 Å². The molecule has 1 heterocycles. The number of hydrogen-bond donors (Lipinski definition) is 1. The molecule has 1 aromatic rings. The molecule has 1 saturated heterocycles. The number of rotatable bonds is 3. The Morgan fingerprint density at radius 1 is 1.32 bits per heavy atom. The van der Waals surface area contributed by atoms with E-state index in [1.165, 1.54) is 18.9 Å². The molecule has 22 heavy (non-hydrogen) atoms. The zero-order chi connectivity index (χ0) is 16.5. The number of piperidine rings is 1. The lowest BCUT2D eigenvalue weighted by Crippen LogP contribution is -2.47. The monoisotopic (exact) mass is 332 g/mol. The fourth-order valence-corrected chi connectivity index (χ4v) is 3.71. The van der Waals surface area contributed by atoms with Crippen LogP contribution in [-0.4, -0.2) is 44.6 Å². The standard InChI is InChI=1S/C14H18F2N2O3S/c1-9-6-13(16)11(7-12(9)15)14(19)18-5-3-4-10(8-18)22(20,21)17-2/h6-7,10,17H,3-5,8H2,1-2H3/t10-/m0/s1. The highest BCUT2D eigenvalue weighted by Gasteiger charge is 2.33. The van der Waals surface area contributed by atoms with Gasteiger partial charge in [0.05, 0.1) is 10.8 Å². The summed E-state index contributed by atoms with van der Waals surface area (Å²) in [5.74, 6) is -2.16. The maximum atomic E-state index is 13.9. The third-order valence-electron chi connectivity index (χ3n) is 3.87. The summed E-state index contributed by atoms with van der Waals surface area (Å²) in [6, 6.07) is 1.83. The summed E-state index contributed by atoms with van der Waals surface area (Å²) in [4.78, 5) is 13.6. The molecule has 0 unspecified atom stereocenters. The Kier molecular flexibility index (Phi) is 4.81. The van der Waals surface area contributed by atoms with Gasteiger partial charge in [-0.3, -0.25) is 4.79 Å². The number of sulfonamides is 1. The van der Waals surface area contributed by atoms with Crippen molar-refractivity contribution in [2.24, 2.45) is 0 Å². The molecule has 0 bridgehead atoms. The molecule has 0 aliphatic carbocycles. The van der Waals surface area contributed by atoms with Crippen LogP contribution in [0, 0.1) is 18.6 Å². The summed E-state index contributed by atoms with van der Waals surface area (Å²) < 4.78 is 53.4. The topological polar surface area (TPSA) is 66.5 Å². The number of carbonyl (C=O) groups is 1. The van der Waals surface area contributed by atoms with Crippen molar-refractivity contribution in [1.29, 1.82) is 0 Å². The highest BCUT2D eigenvalue weighted by molar-refractivity contribution is 7.90. The van der Waals surface area contributed by atoms with Crippen LogP contribution in [0.2, 0.25) is 0 Å². The van der Waals surface area contributed by atoms with E-state index in [1.807, 2.05) is 0 Å². The van der Waals surface area contributed by atoms with Gasteiger partial charge in [0.25, 0.3) is 5.91 Å². The molecule has 0 aromatic heterocycles. The van der Waals surface area contributed by atoms with Gasteiger partial charge in [-0.1, -0.05) is 0 Å². The number of amides is 1. The lowest BCUT2D eigenvalue weighted by atomic mass is 10.1. The Labute approximate surface area is 128 Å². The molecular formula is C14H18F2N2O3S. The zero-order valence-electron chi connectivity index (χ0n) is 12.4. The van der Waals surface area contributed by atoms with Crippen LogP contribution in [-0.2, 0) is 10.0 Å². The van der Waals surface area contributed by atoms with Gasteiger partial charge >= 0.3 is 0 Å². The number of benzene rings is 1. The first-order chi connectivity index (χ1) is 10.3. The third kappa shape index (κ3) is 3.27. The molecule has 122 valence electrons. The van der Waals surface area contributed by atoms with Crippen LogP contribution < -0.4 is 4.72 Å². The Morgan fingerprint density at radius 3 is 2.64 bits per heavy atom. The molecule has 2 rings (SSSR count). The fraction of sp³-hybridized carbons (Fsp3) is 0.500. The van der Waals surface area contributed by atoms with E-state index in [0.29, 0.717) is 19.4 Å². The summed E-state index contributed by atoms with van der Waals surface area (Å²) in [5.41, 5.74) is -0.256. The van der Waals surface area contributed by atoms with Crippen LogP contribution in [0.4, 0.5) is 8.78 Å². The van der Waals surface area contributed by atoms with Gasteiger partial charge in [-0.25, -0.2) is 21.9 Å². The Balaban J connectivity index is 2.25. The summed E-state index contributed by atoms with van der Waals surface area (Å²) in [7, 11) is -2.20. The minimum absolute atomic E-state index is 0.0308. The maximum Gasteiger partial charge on any atom is 0.256 e. The number of hydrogen-bond acceptors (Lipinski definition) is 3. The van der Waals surface area contributed by atoms with E-state index in [4.69, 9.17) is 0 Å². The van der Waals surface area contributed by atoms with Crippen molar-refractivity contribution in [3.63, 3.8) is 0 Å². The van der Waals surface area contributed by atoms with E-state index >= 15 is 0 Å². The molecule has 0 saturated carbocycles. The van der Waals surface area contributed by atoms with Crippen LogP contribution in [0.5, 0.6) is 0 Å². The normalized spacial score (nSPS) is 19.3. The van der Waals surface area contributed by atoms with E-state index in [-0.39, 0.29) is 17.7 Å². The van der Waals surface area contributed by atoms with Crippen LogP contribution in [0.15, 0.2) is 12.1 Å². The predicted molar refractivity (Wildman–Crippen MR) is 78.0 cm³/mol. The minimum atomic E-state index is -3.51. The first kappa shape index (κ1) is 16.8. The molecule has 1 atom stereocenters. The number of carbonyl (C=O) groups excluding carboxylic acids is 1. The van der Waals surface area contributed by atoms with Gasteiger partial charge in [-0.2, -0.15) is 0 Å². The van der Waals surface area contributed by atoms with Crippen molar-refractivity contribution >= 4 is 15.9 Å². The lowest BCUT2D eigenvalue weighted by Gasteiger charge is -2.32. The van der Waals surface area contributed by atoms with Gasteiger partial charge in [0, 0.05) is 13.1 Å². The summed E-state index contributed by atoms with van der Waals surface area (Å²) in [6.07, 6.45) is 0.922. The predicted octanol–water partition coefficient (Wildman–Crippen LogP) is 1.43. The van der Waals surface area contributed by atoms with Crippen molar-refractivity contribution in [1.82, 2.24) is 9.62 Å². The largest absolute Gasteiger partial charge is 0.337 e. The van der Waals surface area contributed by atoms with Crippen LogP contribution in [0.25, 0.3) is 0 Å². The summed E-state index contributed by atoms with van der Waals surface area (Å²) >= 11 is 0. The highest BCUT2D eigenvalue weighted by Crippen LogP contribution is 2.21. The van der Waals surface area contributed by atoms with E-state index in [2.05, 4.69) is 4.72 Å². The third-order valence-corrected chi connectivity index (χ3v) is 5.70. The van der Waals surface area contributed by atoms with E-state index in [9.17, 15) is 22.0 Å². The fourth-order valence-electron chi connectivity index (χ4n) is 2.52. The highest BCUT2D eigenvalue weighted by atomic mass is 32.2. The summed E-state index contributed by atoms with van der Waals surface area (Å²) in [6.45, 7) is 1.70. The Morgan fingerprint density at radius 2 is 2.00 bits per heavy atom. The van der Waals surface area contributed by atoms with Gasteiger partial charge in [0.2, 0.25) is 10.0 Å². The first-order valence-corrected chi connectivity index (χ1v) is 8.48. The first-order valence-electron chi connectivity index (χ1n) is 6.93. The second-order valence-electron chi connectivity index (χ2n) is 5.35. The summed E-state index contributed by atoms with van der Waals surface area (Å²) in [5, 5.41) is -0.742. The maximum absolute atomic E-state index is 13.9. The van der Waals surface area contributed by atoms with Crippen molar-refractivity contribution in [2.45, 2.75) is 25.0 Å². The molecule has 0 spiro atoms. The van der Waals surface area contributed by atoms with Crippen LogP contribution in [0.3, 0.4) is 0 Å². The van der Waals surface area contributed by atoms with E-state index < -0.39 is 32.8 Å². The second kappa shape index (κ2) is 6.29. The molecule has 1 aliphatic rings. The van der Waals surface area contributed by atoms with E-state index in [0.717, 1.165) is 12.1 Å². The van der Waals surface area contributed by atoms with Crippen LogP contribution >= 0.6 is 0 Å². The Hall–Kier alpha value is -1.54. The Bertz CT molecular complexity index is 692. The van der Waals surface area contributed by atoms with Crippen molar-refractivity contribution in [3.8, 4) is 0 Å². The van der Waals surface area contributed by atoms with E-state index in [1.54, 1.807) is 0 Å². The SMILES string of the molecule is CNS(=O)(=O)[C@H]1CCCN(C(=O)c2cc(F)c(C)cc2F)C1. The average molecular weight is 332 g/mol. The zero-order valence-corrected chi connectivity index (χ0v) is 13.2. The molecule has 1 aromatic carbocycles. The van der Waals surface area contributed by atoms with Crippen molar-refractivity contribution in [3.05, 3.63) is 34.9 Å². The van der Waals surface area contributed by atoms with Crippen LogP contribution in [0.1, 0.15) is 28.8 Å². The molecule has 1 amide bonds. The van der Waals surface area contributed by atoms with Gasteiger partial charge in [0.1, 0.15) is 11.6 Å². The second-order valence-corrected chi connectivity index (χ2v) is 7.51. The number of nitrogens with one attached hydrogen (secondary N) is 1. The smallest absolute Gasteiger partial charge is 0.256 e. The average Bonchev–Trinajstić information content (AvgIpc) is 2.50. The lowest BCUT2D eigenvalue weighted by molar-refractivity contribution is 0.0721. The van der Waals surface area contributed by atoms with Gasteiger partial charge in [0.15, 0.2) is 0 Å². The van der Waals surface area contributed by atoms with Crippen molar-refractivity contribution < 1.29 is 22.0 Å². The molecule has 1 fully saturated rings. The minimum Gasteiger partial charge on any atom is -0.337 e. The van der Waals surface area contributed by atoms with Gasteiger partial charge < -0.3 is 4.90 Å². The molecule has 8 heteroatoms. The molecular weight excluding hydrogens is 314 g/mol. The molecule has 5 nitrogen and oxygen atoms in total. The number of likely N-dealkylation sites (tertiary alicyclic amines) is 1. The van der Waals surface area contributed by atoms with Crippen molar-refractivity contribution in [2.75, 3.05) is 20.1 Å². The number of halogens is 2.